The van der Waals surface area contributed by atoms with Gasteiger partial charge in [0.25, 0.3) is 0 Å². The molecule has 0 N–H and O–H groups in total. The quantitative estimate of drug-likeness (QED) is 0.483. The van der Waals surface area contributed by atoms with E-state index in [0.717, 1.165) is 6.42 Å². The van der Waals surface area contributed by atoms with Crippen LogP contribution < -0.4 is 3.27 Å². The van der Waals surface area contributed by atoms with Crippen LogP contribution in [0.1, 0.15) is 17.5 Å². The van der Waals surface area contributed by atoms with Crippen LogP contribution in [-0.4, -0.2) is 6.88 Å². The average molecular weight is 455 g/mol. The molecule has 0 saturated carbocycles. The first-order valence-corrected chi connectivity index (χ1v) is 21.4. The van der Waals surface area contributed by atoms with Gasteiger partial charge in [-0.25, -0.2) is 0 Å². The molecule has 0 heterocycles. The van der Waals surface area contributed by atoms with Crippen LogP contribution in [0.5, 0.6) is 0 Å². The van der Waals surface area contributed by atoms with Crippen LogP contribution in [0, 0.1) is 0 Å². The molecule has 2 aliphatic rings. The van der Waals surface area contributed by atoms with E-state index in [-0.39, 0.29) is 24.8 Å². The van der Waals surface area contributed by atoms with Gasteiger partial charge in [-0.2, -0.15) is 0 Å². The maximum absolute atomic E-state index is 3.02. The number of hydrogen-bond donors (Lipinski definition) is 0. The van der Waals surface area contributed by atoms with E-state index in [4.69, 9.17) is 0 Å². The standard InChI is InChI=1S/C13H9.C5H5.2CH3.2ClH.H2Si.Zr/c1-3-7-12-10(5-1)9-11-6-2-4-8-13(11)12;1-2-4-5-3-1;;;;;;/h1-5,7-8H,9H2;1-3H,4H2;2*1H3;2*1H;1H2;. The molecule has 4 rings (SSSR count). The van der Waals surface area contributed by atoms with E-state index < -0.39 is 17.4 Å². The van der Waals surface area contributed by atoms with Crippen LogP contribution >= 0.6 is 24.8 Å². The van der Waals surface area contributed by atoms with Crippen LogP contribution in [0.4, 0.5) is 0 Å². The summed E-state index contributed by atoms with van der Waals surface area (Å²) >= 11 is -3.02. The molecule has 0 fully saturated rings. The van der Waals surface area contributed by atoms with Crippen molar-refractivity contribution in [3.05, 3.63) is 75.1 Å². The third-order valence-electron chi connectivity index (χ3n) is 5.52. The summed E-state index contributed by atoms with van der Waals surface area (Å²) in [4.78, 5) is 0. The van der Waals surface area contributed by atoms with Crippen LogP contribution in [0.2, 0.25) is 9.26 Å². The summed E-state index contributed by atoms with van der Waals surface area (Å²) in [6, 6.07) is 16.0. The second-order valence-electron chi connectivity index (χ2n) is 7.68. The van der Waals surface area contributed by atoms with Gasteiger partial charge in [-0.3, -0.25) is 0 Å². The van der Waals surface area contributed by atoms with Gasteiger partial charge >= 0.3 is 136 Å². The normalized spacial score (nSPS) is 15.0. The number of fused-ring (bicyclic) bond motifs is 3. The Bertz CT molecular complexity index is 919. The van der Waals surface area contributed by atoms with E-state index >= 15 is 0 Å². The van der Waals surface area contributed by atoms with Gasteiger partial charge in [-0.15, -0.1) is 24.8 Å². The van der Waals surface area contributed by atoms with Gasteiger partial charge in [-0.1, -0.05) is 0 Å². The Kier molecular flexibility index (Phi) is 5.58. The number of allylic oxidation sites excluding steroid dienone is 4. The molecule has 0 aliphatic heterocycles. The summed E-state index contributed by atoms with van der Waals surface area (Å²) in [7, 11) is 0. The van der Waals surface area contributed by atoms with Gasteiger partial charge in [0.15, 0.2) is 0 Å². The number of benzene rings is 2. The van der Waals surface area contributed by atoms with E-state index in [9.17, 15) is 0 Å². The number of rotatable bonds is 2. The molecule has 4 heteroatoms. The molecule has 0 unspecified atom stereocenters. The summed E-state index contributed by atoms with van der Waals surface area (Å²) in [5.74, 6) is 0. The molecule has 24 heavy (non-hydrogen) atoms. The van der Waals surface area contributed by atoms with Crippen molar-refractivity contribution in [1.82, 2.24) is 0 Å². The molecule has 0 spiro atoms. The number of halogens is 2. The van der Waals surface area contributed by atoms with Gasteiger partial charge in [0.2, 0.25) is 0 Å². The summed E-state index contributed by atoms with van der Waals surface area (Å²) in [6.07, 6.45) is 9.26. The predicted octanol–water partition coefficient (Wildman–Crippen LogP) is 4.90. The first-order chi connectivity index (χ1) is 10.5. The fourth-order valence-corrected chi connectivity index (χ4v) is 16.4. The van der Waals surface area contributed by atoms with Crippen LogP contribution in [0.3, 0.4) is 0 Å². The topological polar surface area (TPSA) is 0 Å². The Balaban J connectivity index is 0.00000104. The van der Waals surface area contributed by atoms with Gasteiger partial charge in [-0.05, 0) is 0 Å². The maximum atomic E-state index is 2.61. The van der Waals surface area contributed by atoms with Crippen molar-refractivity contribution in [1.29, 1.82) is 0 Å². The zero-order valence-electron chi connectivity index (χ0n) is 14.2. The van der Waals surface area contributed by atoms with E-state index in [1.54, 1.807) is 12.1 Å². The molecule has 0 amide bonds. The summed E-state index contributed by atoms with van der Waals surface area (Å²) in [5.41, 5.74) is 6.04. The molecule has 0 atom stereocenters. The summed E-state index contributed by atoms with van der Waals surface area (Å²) in [5, 5.41) is 0. The first kappa shape index (κ1) is 19.9. The van der Waals surface area contributed by atoms with E-state index in [0.29, 0.717) is 0 Å². The molecule has 0 saturated heterocycles. The zero-order chi connectivity index (χ0) is 15.4. The van der Waals surface area contributed by atoms with E-state index in [1.807, 2.05) is 0 Å². The molecule has 126 valence electrons. The Morgan fingerprint density at radius 2 is 1.62 bits per heavy atom. The predicted molar refractivity (Wildman–Crippen MR) is 111 cm³/mol. The van der Waals surface area contributed by atoms with Crippen molar-refractivity contribution in [3.8, 4) is 11.1 Å². The zero-order valence-corrected chi connectivity index (χ0v) is 19.7. The molecule has 0 nitrogen and oxygen atoms in total. The van der Waals surface area contributed by atoms with Crippen molar-refractivity contribution in [3.63, 3.8) is 0 Å². The van der Waals surface area contributed by atoms with Crippen molar-refractivity contribution < 1.29 is 17.4 Å². The Hall–Kier alpha value is -0.400. The fourth-order valence-electron chi connectivity index (χ4n) is 4.12. The second kappa shape index (κ2) is 6.72. The molecule has 0 aromatic heterocycles. The van der Waals surface area contributed by atoms with E-state index in [1.165, 1.54) is 23.1 Å². The summed E-state index contributed by atoms with van der Waals surface area (Å²) in [6.45, 7) is 2.34. The van der Waals surface area contributed by atoms with Gasteiger partial charge in [0, 0.05) is 0 Å². The monoisotopic (exact) mass is 452 g/mol. The van der Waals surface area contributed by atoms with Crippen LogP contribution in [0.15, 0.2) is 64.0 Å². The SMILES string of the molecule is Cl.Cl.[CH3][Zr]([CH3])(=[SiH2])([C]1=CC=CC1)[c]1cccc2c1Cc1ccccc1-2. The van der Waals surface area contributed by atoms with Crippen molar-refractivity contribution in [2.75, 3.05) is 0 Å². The van der Waals surface area contributed by atoms with Crippen LogP contribution in [0.25, 0.3) is 11.1 Å². The molecule has 0 bridgehead atoms. The average Bonchev–Trinajstić information content (AvgIpc) is 3.14. The molecular weight excluding hydrogens is 430 g/mol. The molecule has 2 aromatic carbocycles. The molecular formula is C20H24Cl2SiZr. The molecule has 2 aliphatic carbocycles. The fraction of sp³-hybridized carbons (Fsp3) is 0.200. The minimum atomic E-state index is -3.02. The Morgan fingerprint density at radius 3 is 2.33 bits per heavy atom. The number of hydrogen-bond acceptors (Lipinski definition) is 0. The van der Waals surface area contributed by atoms with Gasteiger partial charge in [0.05, 0.1) is 0 Å². The van der Waals surface area contributed by atoms with Crippen molar-refractivity contribution in [2.24, 2.45) is 0 Å². The molecule has 0 radical (unpaired) electrons. The Morgan fingerprint density at radius 1 is 0.917 bits per heavy atom. The molecule has 2 aromatic rings. The first-order valence-electron chi connectivity index (χ1n) is 8.10. The third kappa shape index (κ3) is 2.97. The van der Waals surface area contributed by atoms with Crippen molar-refractivity contribution in [2.45, 2.75) is 22.1 Å². The van der Waals surface area contributed by atoms with Crippen LogP contribution in [-0.2, 0) is 23.8 Å². The Labute approximate surface area is 159 Å². The van der Waals surface area contributed by atoms with Crippen molar-refractivity contribution >= 4 is 35.0 Å². The van der Waals surface area contributed by atoms with Gasteiger partial charge < -0.3 is 0 Å². The van der Waals surface area contributed by atoms with E-state index in [2.05, 4.69) is 76.8 Å². The minimum absolute atomic E-state index is 0. The second-order valence-corrected chi connectivity index (χ2v) is 36.3. The summed E-state index contributed by atoms with van der Waals surface area (Å²) < 4.78 is 8.64. The van der Waals surface area contributed by atoms with Gasteiger partial charge in [0.1, 0.15) is 0 Å². The third-order valence-corrected chi connectivity index (χ3v) is 21.8.